The molecule has 170 valence electrons. The van der Waals surface area contributed by atoms with E-state index in [-0.39, 0.29) is 37.2 Å². The number of amides is 2. The normalized spacial score (nSPS) is 16.8. The van der Waals surface area contributed by atoms with Gasteiger partial charge in [0.25, 0.3) is 0 Å². The number of hydrogen-bond acceptors (Lipinski definition) is 6. The summed E-state index contributed by atoms with van der Waals surface area (Å²) in [5.41, 5.74) is 2.34. The van der Waals surface area contributed by atoms with Crippen LogP contribution in [-0.2, 0) is 22.7 Å². The van der Waals surface area contributed by atoms with Crippen molar-refractivity contribution in [2.75, 3.05) is 5.32 Å². The molecule has 32 heavy (non-hydrogen) atoms. The molecule has 2 aromatic carbocycles. The highest BCUT2D eigenvalue weighted by Crippen LogP contribution is 2.18. The number of amidine groups is 1. The molecule has 0 saturated carbocycles. The Hall–Kier alpha value is -3.39. The smallest absolute Gasteiger partial charge is 0.407 e. The van der Waals surface area contributed by atoms with Crippen LogP contribution in [0.5, 0.6) is 0 Å². The standard InChI is InChI=1S/C24H30N4O4/c1-15(2)20(26-24(31)32-14-18-7-5-4-6-8-18)22-27-21(28-22)16(3)23(30)25-19-11-9-17(13-29)10-12-19/h4-12,15-16,20,22,29H,13-14H2,1-3H3,(H,25,30)(H,26,31)(H,27,28)/t16?,20-/m0/s1. The second-order valence-corrected chi connectivity index (χ2v) is 8.15. The van der Waals surface area contributed by atoms with E-state index in [2.05, 4.69) is 20.9 Å². The number of carbonyl (C=O) groups excluding carboxylic acids is 2. The number of aliphatic hydroxyl groups is 1. The van der Waals surface area contributed by atoms with Crippen LogP contribution in [0.25, 0.3) is 0 Å². The highest BCUT2D eigenvalue weighted by atomic mass is 16.5. The number of rotatable bonds is 9. The van der Waals surface area contributed by atoms with Crippen molar-refractivity contribution in [1.82, 2.24) is 10.6 Å². The van der Waals surface area contributed by atoms with Crippen molar-refractivity contribution in [1.29, 1.82) is 0 Å². The topological polar surface area (TPSA) is 112 Å². The third-order valence-electron chi connectivity index (χ3n) is 5.34. The molecule has 0 saturated heterocycles. The number of nitrogens with zero attached hydrogens (tertiary/aromatic N) is 1. The zero-order chi connectivity index (χ0) is 23.1. The molecular formula is C24H30N4O4. The van der Waals surface area contributed by atoms with Crippen LogP contribution in [0.1, 0.15) is 31.9 Å². The molecule has 2 amide bonds. The number of ether oxygens (including phenoxy) is 1. The zero-order valence-electron chi connectivity index (χ0n) is 18.5. The number of benzene rings is 2. The molecule has 0 aromatic heterocycles. The molecule has 2 aromatic rings. The van der Waals surface area contributed by atoms with Crippen molar-refractivity contribution in [2.24, 2.45) is 16.8 Å². The van der Waals surface area contributed by atoms with E-state index in [1.165, 1.54) is 0 Å². The van der Waals surface area contributed by atoms with Gasteiger partial charge < -0.3 is 25.8 Å². The highest BCUT2D eigenvalue weighted by Gasteiger charge is 2.36. The third kappa shape index (κ3) is 6.07. The van der Waals surface area contributed by atoms with Gasteiger partial charge in [0.05, 0.1) is 18.6 Å². The van der Waals surface area contributed by atoms with Crippen LogP contribution in [0.15, 0.2) is 59.6 Å². The Bertz CT molecular complexity index is 944. The average molecular weight is 439 g/mol. The van der Waals surface area contributed by atoms with Gasteiger partial charge >= 0.3 is 6.09 Å². The summed E-state index contributed by atoms with van der Waals surface area (Å²) >= 11 is 0. The third-order valence-corrected chi connectivity index (χ3v) is 5.34. The first-order valence-corrected chi connectivity index (χ1v) is 10.7. The Kier molecular flexibility index (Phi) is 7.83. The molecule has 2 unspecified atom stereocenters. The first kappa shape index (κ1) is 23.3. The maximum atomic E-state index is 12.5. The van der Waals surface area contributed by atoms with Gasteiger partial charge in [-0.05, 0) is 36.1 Å². The van der Waals surface area contributed by atoms with Crippen LogP contribution in [0.2, 0.25) is 0 Å². The number of nitrogens with one attached hydrogen (secondary N) is 3. The van der Waals surface area contributed by atoms with E-state index in [0.717, 1.165) is 11.1 Å². The van der Waals surface area contributed by atoms with Crippen LogP contribution in [-0.4, -0.2) is 35.2 Å². The van der Waals surface area contributed by atoms with Gasteiger partial charge in [0, 0.05) is 5.69 Å². The van der Waals surface area contributed by atoms with Crippen LogP contribution in [0, 0.1) is 11.8 Å². The molecule has 3 rings (SSSR count). The molecule has 1 aliphatic rings. The minimum atomic E-state index is -0.505. The van der Waals surface area contributed by atoms with Crippen molar-refractivity contribution in [3.63, 3.8) is 0 Å². The van der Waals surface area contributed by atoms with E-state index in [1.807, 2.05) is 44.2 Å². The van der Waals surface area contributed by atoms with E-state index < -0.39 is 12.0 Å². The lowest BCUT2D eigenvalue weighted by molar-refractivity contribution is -0.117. The molecule has 0 bridgehead atoms. The highest BCUT2D eigenvalue weighted by molar-refractivity contribution is 6.09. The fraction of sp³-hybridized carbons (Fsp3) is 0.375. The molecule has 8 nitrogen and oxygen atoms in total. The quantitative estimate of drug-likeness (QED) is 0.481. The molecule has 0 aliphatic carbocycles. The lowest BCUT2D eigenvalue weighted by Gasteiger charge is -2.37. The number of aliphatic imine (C=N–C) groups is 1. The van der Waals surface area contributed by atoms with E-state index in [1.54, 1.807) is 31.2 Å². The van der Waals surface area contributed by atoms with Crippen LogP contribution in [0.4, 0.5) is 10.5 Å². The monoisotopic (exact) mass is 438 g/mol. The van der Waals surface area contributed by atoms with Gasteiger partial charge in [-0.3, -0.25) is 4.79 Å². The van der Waals surface area contributed by atoms with E-state index >= 15 is 0 Å². The van der Waals surface area contributed by atoms with Gasteiger partial charge in [-0.2, -0.15) is 0 Å². The Morgan fingerprint density at radius 3 is 2.31 bits per heavy atom. The molecule has 0 spiro atoms. The molecule has 0 radical (unpaired) electrons. The largest absolute Gasteiger partial charge is 0.445 e. The van der Waals surface area contributed by atoms with Crippen LogP contribution < -0.4 is 16.0 Å². The summed E-state index contributed by atoms with van der Waals surface area (Å²) in [6.45, 7) is 5.90. The fourth-order valence-electron chi connectivity index (χ4n) is 3.29. The Morgan fingerprint density at radius 2 is 1.72 bits per heavy atom. The lowest BCUT2D eigenvalue weighted by atomic mass is 9.97. The second kappa shape index (κ2) is 10.8. The summed E-state index contributed by atoms with van der Waals surface area (Å²) in [5.74, 6) is 0.0187. The number of alkyl carbamates (subject to hydrolysis) is 1. The minimum absolute atomic E-state index is 0.0441. The zero-order valence-corrected chi connectivity index (χ0v) is 18.5. The maximum absolute atomic E-state index is 12.5. The first-order chi connectivity index (χ1) is 15.4. The first-order valence-electron chi connectivity index (χ1n) is 10.7. The van der Waals surface area contributed by atoms with Gasteiger partial charge in [0.1, 0.15) is 18.6 Å². The predicted octanol–water partition coefficient (Wildman–Crippen LogP) is 3.03. The van der Waals surface area contributed by atoms with Gasteiger partial charge in [-0.1, -0.05) is 56.3 Å². The predicted molar refractivity (Wildman–Crippen MR) is 123 cm³/mol. The Balaban J connectivity index is 1.52. The summed E-state index contributed by atoms with van der Waals surface area (Å²) in [7, 11) is 0. The average Bonchev–Trinajstić information content (AvgIpc) is 2.77. The summed E-state index contributed by atoms with van der Waals surface area (Å²) in [6, 6.07) is 16.2. The van der Waals surface area contributed by atoms with E-state index in [9.17, 15) is 9.59 Å². The molecule has 8 heteroatoms. The summed E-state index contributed by atoms with van der Waals surface area (Å²) in [4.78, 5) is 29.3. The van der Waals surface area contributed by atoms with Gasteiger partial charge in [-0.15, -0.1) is 0 Å². The Morgan fingerprint density at radius 1 is 1.06 bits per heavy atom. The Labute approximate surface area is 188 Å². The molecular weight excluding hydrogens is 408 g/mol. The van der Waals surface area contributed by atoms with Crippen molar-refractivity contribution < 1.29 is 19.4 Å². The van der Waals surface area contributed by atoms with Gasteiger partial charge in [0.15, 0.2) is 0 Å². The van der Waals surface area contributed by atoms with Gasteiger partial charge in [-0.25, -0.2) is 9.79 Å². The number of hydrogen-bond donors (Lipinski definition) is 4. The molecule has 1 heterocycles. The summed E-state index contributed by atoms with van der Waals surface area (Å²) < 4.78 is 5.32. The second-order valence-electron chi connectivity index (χ2n) is 8.15. The maximum Gasteiger partial charge on any atom is 0.407 e. The molecule has 3 atom stereocenters. The van der Waals surface area contributed by atoms with Crippen molar-refractivity contribution in [3.05, 3.63) is 65.7 Å². The van der Waals surface area contributed by atoms with Gasteiger partial charge in [0.2, 0.25) is 5.91 Å². The van der Waals surface area contributed by atoms with Crippen molar-refractivity contribution in [2.45, 2.75) is 46.2 Å². The van der Waals surface area contributed by atoms with Crippen molar-refractivity contribution >= 4 is 23.5 Å². The molecule has 4 N–H and O–H groups in total. The van der Waals surface area contributed by atoms with E-state index in [4.69, 9.17) is 9.84 Å². The molecule has 0 fully saturated rings. The fourth-order valence-corrected chi connectivity index (χ4v) is 3.29. The summed E-state index contributed by atoms with van der Waals surface area (Å²) in [5, 5.41) is 18.0. The van der Waals surface area contributed by atoms with E-state index in [0.29, 0.717) is 11.5 Å². The minimum Gasteiger partial charge on any atom is -0.445 e. The number of anilines is 1. The van der Waals surface area contributed by atoms with Crippen LogP contribution in [0.3, 0.4) is 0 Å². The summed E-state index contributed by atoms with van der Waals surface area (Å²) in [6.07, 6.45) is -0.830. The number of carbonyl (C=O) groups is 2. The number of aliphatic hydroxyl groups excluding tert-OH is 1. The SMILES string of the molecule is CC(C(=O)Nc1ccc(CO)cc1)C1=NC([C@@H](NC(=O)OCc2ccccc2)C(C)C)N1. The van der Waals surface area contributed by atoms with Crippen molar-refractivity contribution in [3.8, 4) is 0 Å². The van der Waals surface area contributed by atoms with Crippen LogP contribution >= 0.6 is 0 Å². The molecule has 1 aliphatic heterocycles. The lowest BCUT2D eigenvalue weighted by Crippen LogP contribution is -2.61.